The third-order valence-corrected chi connectivity index (χ3v) is 4.97. The van der Waals surface area contributed by atoms with Crippen LogP contribution in [0, 0.1) is 5.92 Å². The lowest BCUT2D eigenvalue weighted by Crippen LogP contribution is -2.53. The van der Waals surface area contributed by atoms with E-state index in [4.69, 9.17) is 11.6 Å². The van der Waals surface area contributed by atoms with Gasteiger partial charge < -0.3 is 10.4 Å². The smallest absolute Gasteiger partial charge is 0.0706 e. The van der Waals surface area contributed by atoms with Crippen molar-refractivity contribution in [3.8, 4) is 0 Å². The molecule has 19 heavy (non-hydrogen) atoms. The molecule has 1 aromatic rings. The third kappa shape index (κ3) is 2.78. The summed E-state index contributed by atoms with van der Waals surface area (Å²) in [4.78, 5) is 0. The molecule has 3 atom stereocenters. The molecule has 2 aliphatic rings. The molecule has 3 rings (SSSR count). The number of halogens is 2. The summed E-state index contributed by atoms with van der Waals surface area (Å²) in [7, 11) is 0. The summed E-state index contributed by atoms with van der Waals surface area (Å²) in [5, 5.41) is 15.2. The van der Waals surface area contributed by atoms with Crippen molar-refractivity contribution in [3.63, 3.8) is 0 Å². The third-order valence-electron chi connectivity index (χ3n) is 4.63. The van der Waals surface area contributed by atoms with Gasteiger partial charge in [0, 0.05) is 17.0 Å². The molecule has 0 aromatic heterocycles. The van der Waals surface area contributed by atoms with Gasteiger partial charge in [0.15, 0.2) is 0 Å². The number of hydrogen-bond donors (Lipinski definition) is 2. The van der Waals surface area contributed by atoms with Crippen LogP contribution in [-0.4, -0.2) is 17.3 Å². The fourth-order valence-corrected chi connectivity index (χ4v) is 3.93. The van der Waals surface area contributed by atoms with Crippen LogP contribution < -0.4 is 5.32 Å². The Morgan fingerprint density at radius 3 is 2.79 bits per heavy atom. The van der Waals surface area contributed by atoms with Gasteiger partial charge >= 0.3 is 0 Å². The zero-order valence-electron chi connectivity index (χ0n) is 10.9. The lowest BCUT2D eigenvalue weighted by Gasteiger charge is -2.48. The van der Waals surface area contributed by atoms with E-state index in [1.807, 2.05) is 18.2 Å². The standard InChI is InChI=1S/C15H20ClNO.ClH/c16-13-7-2-1-5-11(13)14-12-6-3-4-8-15(12,18)9-10-17-14;/h1-2,5,7,12,14,17-18H,3-4,6,8-10H2;1H. The molecule has 1 aliphatic carbocycles. The van der Waals surface area contributed by atoms with Crippen molar-refractivity contribution >= 4 is 24.0 Å². The van der Waals surface area contributed by atoms with E-state index in [2.05, 4.69) is 11.4 Å². The highest BCUT2D eigenvalue weighted by atomic mass is 35.5. The molecule has 1 heterocycles. The van der Waals surface area contributed by atoms with Crippen LogP contribution >= 0.6 is 24.0 Å². The second kappa shape index (κ2) is 6.01. The van der Waals surface area contributed by atoms with Gasteiger partial charge in [0.2, 0.25) is 0 Å². The number of hydrogen-bond acceptors (Lipinski definition) is 2. The van der Waals surface area contributed by atoms with Crippen LogP contribution in [0.5, 0.6) is 0 Å². The SMILES string of the molecule is Cl.OC12CCCCC1C(c1ccccc1Cl)NCC2. The van der Waals surface area contributed by atoms with Crippen LogP contribution in [0.3, 0.4) is 0 Å². The lowest BCUT2D eigenvalue weighted by molar-refractivity contribution is -0.0861. The maximum absolute atomic E-state index is 10.8. The first-order chi connectivity index (χ1) is 8.71. The maximum Gasteiger partial charge on any atom is 0.0706 e. The molecule has 0 bridgehead atoms. The highest BCUT2D eigenvalue weighted by Crippen LogP contribution is 2.46. The molecule has 1 saturated carbocycles. The Balaban J connectivity index is 0.00000133. The Morgan fingerprint density at radius 2 is 2.00 bits per heavy atom. The average molecular weight is 302 g/mol. The molecule has 1 aliphatic heterocycles. The van der Waals surface area contributed by atoms with E-state index in [-0.39, 0.29) is 18.4 Å². The van der Waals surface area contributed by atoms with Crippen LogP contribution in [0.15, 0.2) is 24.3 Å². The molecule has 3 unspecified atom stereocenters. The number of rotatable bonds is 1. The van der Waals surface area contributed by atoms with Gasteiger partial charge in [-0.2, -0.15) is 0 Å². The second-order valence-corrected chi connectivity index (χ2v) is 6.07. The van der Waals surface area contributed by atoms with Crippen LogP contribution in [0.25, 0.3) is 0 Å². The van der Waals surface area contributed by atoms with E-state index in [1.165, 1.54) is 6.42 Å². The molecule has 4 heteroatoms. The van der Waals surface area contributed by atoms with Gasteiger partial charge in [-0.25, -0.2) is 0 Å². The molecule has 2 nitrogen and oxygen atoms in total. The van der Waals surface area contributed by atoms with E-state index >= 15 is 0 Å². The molecule has 2 fully saturated rings. The van der Waals surface area contributed by atoms with E-state index in [1.54, 1.807) is 0 Å². The molecule has 2 N–H and O–H groups in total. The van der Waals surface area contributed by atoms with Gasteiger partial charge in [-0.05, 0) is 37.4 Å². The highest BCUT2D eigenvalue weighted by molar-refractivity contribution is 6.31. The zero-order valence-corrected chi connectivity index (χ0v) is 12.5. The van der Waals surface area contributed by atoms with Gasteiger partial charge in [-0.15, -0.1) is 12.4 Å². The quantitative estimate of drug-likeness (QED) is 0.828. The van der Waals surface area contributed by atoms with Crippen LogP contribution in [0.1, 0.15) is 43.7 Å². The second-order valence-electron chi connectivity index (χ2n) is 5.66. The summed E-state index contributed by atoms with van der Waals surface area (Å²) in [5.41, 5.74) is 0.664. The van der Waals surface area contributed by atoms with Crippen molar-refractivity contribution in [2.75, 3.05) is 6.54 Å². The Hall–Kier alpha value is -0.280. The topological polar surface area (TPSA) is 32.3 Å². The Bertz CT molecular complexity index is 436. The van der Waals surface area contributed by atoms with Crippen molar-refractivity contribution in [2.45, 2.75) is 43.7 Å². The average Bonchev–Trinajstić information content (AvgIpc) is 2.38. The summed E-state index contributed by atoms with van der Waals surface area (Å²) in [6.45, 7) is 0.878. The van der Waals surface area contributed by atoms with Gasteiger partial charge in [0.05, 0.1) is 5.60 Å². The van der Waals surface area contributed by atoms with Crippen molar-refractivity contribution in [1.29, 1.82) is 0 Å². The first kappa shape index (κ1) is 15.1. The minimum absolute atomic E-state index is 0. The minimum atomic E-state index is -0.479. The Labute approximate surface area is 126 Å². The number of benzene rings is 1. The van der Waals surface area contributed by atoms with Crippen LogP contribution in [0.4, 0.5) is 0 Å². The summed E-state index contributed by atoms with van der Waals surface area (Å²) in [6.07, 6.45) is 5.29. The molecule has 0 amide bonds. The largest absolute Gasteiger partial charge is 0.389 e. The summed E-state index contributed by atoms with van der Waals surface area (Å²) in [5.74, 6) is 0.305. The molecule has 0 spiro atoms. The summed E-state index contributed by atoms with van der Waals surface area (Å²) >= 11 is 6.31. The summed E-state index contributed by atoms with van der Waals surface area (Å²) in [6, 6.07) is 8.22. The lowest BCUT2D eigenvalue weighted by atomic mass is 9.67. The van der Waals surface area contributed by atoms with Crippen LogP contribution in [-0.2, 0) is 0 Å². The number of piperidine rings is 1. The van der Waals surface area contributed by atoms with Crippen molar-refractivity contribution < 1.29 is 5.11 Å². The highest BCUT2D eigenvalue weighted by Gasteiger charge is 2.46. The molecule has 106 valence electrons. The van der Waals surface area contributed by atoms with E-state index in [0.717, 1.165) is 42.8 Å². The van der Waals surface area contributed by atoms with E-state index in [9.17, 15) is 5.11 Å². The monoisotopic (exact) mass is 301 g/mol. The molecule has 0 radical (unpaired) electrons. The normalized spacial score (nSPS) is 34.2. The molecule has 1 saturated heterocycles. The fraction of sp³-hybridized carbons (Fsp3) is 0.600. The molecular weight excluding hydrogens is 281 g/mol. The van der Waals surface area contributed by atoms with Crippen molar-refractivity contribution in [1.82, 2.24) is 5.32 Å². The number of nitrogens with one attached hydrogen (secondary N) is 1. The van der Waals surface area contributed by atoms with Gasteiger partial charge in [-0.3, -0.25) is 0 Å². The van der Waals surface area contributed by atoms with Gasteiger partial charge in [0.25, 0.3) is 0 Å². The number of aliphatic hydroxyl groups is 1. The van der Waals surface area contributed by atoms with Gasteiger partial charge in [0.1, 0.15) is 0 Å². The number of fused-ring (bicyclic) bond motifs is 1. The molecule has 1 aromatic carbocycles. The minimum Gasteiger partial charge on any atom is -0.389 e. The van der Waals surface area contributed by atoms with Crippen molar-refractivity contribution in [2.24, 2.45) is 5.92 Å². The van der Waals surface area contributed by atoms with E-state index < -0.39 is 5.60 Å². The summed E-state index contributed by atoms with van der Waals surface area (Å²) < 4.78 is 0. The fourth-order valence-electron chi connectivity index (χ4n) is 3.68. The zero-order chi connectivity index (χ0) is 12.6. The van der Waals surface area contributed by atoms with Crippen LogP contribution in [0.2, 0.25) is 5.02 Å². The van der Waals surface area contributed by atoms with Gasteiger partial charge in [-0.1, -0.05) is 42.6 Å². The maximum atomic E-state index is 10.8. The Kier molecular flexibility index (Phi) is 4.78. The first-order valence-corrected chi connectivity index (χ1v) is 7.29. The predicted molar refractivity (Wildman–Crippen MR) is 81.0 cm³/mol. The Morgan fingerprint density at radius 1 is 1.21 bits per heavy atom. The molecular formula is C15H21Cl2NO. The van der Waals surface area contributed by atoms with Crippen molar-refractivity contribution in [3.05, 3.63) is 34.9 Å². The predicted octanol–water partition coefficient (Wildman–Crippen LogP) is 3.72. The van der Waals surface area contributed by atoms with E-state index in [0.29, 0.717) is 5.92 Å². The first-order valence-electron chi connectivity index (χ1n) is 6.91.